The van der Waals surface area contributed by atoms with Crippen molar-refractivity contribution in [2.75, 3.05) is 0 Å². The van der Waals surface area contributed by atoms with Gasteiger partial charge in [-0.3, -0.25) is 0 Å². The zero-order valence-electron chi connectivity index (χ0n) is 13.0. The Kier molecular flexibility index (Phi) is 3.54. The maximum atomic E-state index is 12.3. The number of rotatable bonds is 4. The number of hydrogen-bond acceptors (Lipinski definition) is 3. The molecule has 0 atom stereocenters. The Balaban J connectivity index is 1.83. The first-order valence-electron chi connectivity index (χ1n) is 7.56. The zero-order valence-corrected chi connectivity index (χ0v) is 13.9. The van der Waals surface area contributed by atoms with Gasteiger partial charge in [-0.1, -0.05) is 72.4 Å². The molecule has 24 heavy (non-hydrogen) atoms. The summed E-state index contributed by atoms with van der Waals surface area (Å²) in [7, 11) is 1.51. The lowest BCUT2D eigenvalue weighted by Gasteiger charge is -2.18. The minimum Gasteiger partial charge on any atom is -0.245 e. The second-order valence-corrected chi connectivity index (χ2v) is 6.51. The van der Waals surface area contributed by atoms with E-state index < -0.39 is 0 Å². The molecule has 0 unspecified atom stereocenters. The molecule has 0 fully saturated rings. The van der Waals surface area contributed by atoms with Crippen LogP contribution in [0.4, 0.5) is 0 Å². The maximum absolute atomic E-state index is 12.3. The molecule has 0 N–H and O–H groups in total. The van der Waals surface area contributed by atoms with Crippen molar-refractivity contribution in [1.82, 2.24) is 13.6 Å². The number of thioether (sulfide) groups is 1. The lowest BCUT2D eigenvalue weighted by atomic mass is 10.1. The predicted molar refractivity (Wildman–Crippen MR) is 95.0 cm³/mol. The summed E-state index contributed by atoms with van der Waals surface area (Å²) in [6.07, 6.45) is 0. The van der Waals surface area contributed by atoms with Gasteiger partial charge in [-0.25, -0.2) is 14.2 Å². The highest BCUT2D eigenvalue weighted by Gasteiger charge is 2.25. The fraction of sp³-hybridized carbons (Fsp3) is 0.111. The standard InChI is InChI=1S/C18H15N3O2S/c1-19-17(22)20-15(14-10-6-3-7-11-14)16(21(20)18(19)23)24-12-13-8-4-2-5-9-13/h2-11H,12H2,1H3. The smallest absolute Gasteiger partial charge is 0.245 e. The Hall–Kier alpha value is -2.73. The quantitative estimate of drug-likeness (QED) is 0.538. The molecule has 0 saturated heterocycles. The van der Waals surface area contributed by atoms with E-state index in [-0.39, 0.29) is 11.4 Å². The van der Waals surface area contributed by atoms with Crippen LogP contribution in [0.1, 0.15) is 5.56 Å². The Morgan fingerprint density at radius 1 is 0.833 bits per heavy atom. The van der Waals surface area contributed by atoms with Crippen molar-refractivity contribution in [2.45, 2.75) is 10.8 Å². The van der Waals surface area contributed by atoms with Crippen LogP contribution in [-0.4, -0.2) is 13.6 Å². The number of hydrogen-bond donors (Lipinski definition) is 0. The molecule has 6 heteroatoms. The van der Waals surface area contributed by atoms with E-state index in [9.17, 15) is 9.59 Å². The molecule has 2 aromatic carbocycles. The Morgan fingerprint density at radius 2 is 1.42 bits per heavy atom. The summed E-state index contributed by atoms with van der Waals surface area (Å²) in [6, 6.07) is 19.8. The Bertz CT molecular complexity index is 1090. The molecule has 0 bridgehead atoms. The van der Waals surface area contributed by atoms with E-state index in [1.54, 1.807) is 11.8 Å². The number of nitrogens with zero attached hydrogens (tertiary/aromatic N) is 3. The molecule has 4 aromatic rings. The first kappa shape index (κ1) is 14.8. The highest BCUT2D eigenvalue weighted by molar-refractivity contribution is 7.98. The van der Waals surface area contributed by atoms with E-state index in [1.165, 1.54) is 21.6 Å². The van der Waals surface area contributed by atoms with Crippen LogP contribution in [-0.2, 0) is 12.8 Å². The van der Waals surface area contributed by atoms with Crippen molar-refractivity contribution in [3.8, 4) is 11.3 Å². The Labute approximate surface area is 142 Å². The molecule has 0 saturated carbocycles. The summed E-state index contributed by atoms with van der Waals surface area (Å²) in [5.74, 6) is 0.738. The second kappa shape index (κ2) is 5.72. The van der Waals surface area contributed by atoms with Crippen molar-refractivity contribution in [1.29, 1.82) is 0 Å². The molecule has 0 aliphatic heterocycles. The average Bonchev–Trinajstić information content (AvgIpc) is 2.78. The van der Waals surface area contributed by atoms with E-state index in [0.717, 1.165) is 26.6 Å². The molecule has 2 aromatic heterocycles. The molecule has 120 valence electrons. The van der Waals surface area contributed by atoms with Crippen LogP contribution in [0, 0.1) is 0 Å². The van der Waals surface area contributed by atoms with E-state index >= 15 is 0 Å². The van der Waals surface area contributed by atoms with Gasteiger partial charge in [-0.05, 0) is 5.56 Å². The van der Waals surface area contributed by atoms with Crippen molar-refractivity contribution >= 4 is 11.8 Å². The van der Waals surface area contributed by atoms with Crippen LogP contribution in [0.2, 0.25) is 0 Å². The molecular formula is C18H15N3O2S. The van der Waals surface area contributed by atoms with Gasteiger partial charge in [0, 0.05) is 18.4 Å². The molecule has 2 heterocycles. The minimum absolute atomic E-state index is 0.310. The van der Waals surface area contributed by atoms with Crippen molar-refractivity contribution < 1.29 is 0 Å². The molecule has 4 rings (SSSR count). The van der Waals surface area contributed by atoms with Gasteiger partial charge in [-0.15, -0.1) is 0 Å². The van der Waals surface area contributed by atoms with Gasteiger partial charge in [-0.2, -0.15) is 9.03 Å². The molecule has 5 nitrogen and oxygen atoms in total. The van der Waals surface area contributed by atoms with Gasteiger partial charge >= 0.3 is 11.4 Å². The van der Waals surface area contributed by atoms with E-state index in [1.807, 2.05) is 48.5 Å². The van der Waals surface area contributed by atoms with Gasteiger partial charge in [0.05, 0.1) is 0 Å². The third kappa shape index (κ3) is 2.18. The number of fused-ring (bicyclic) bond motifs is 1. The molecule has 0 amide bonds. The second-order valence-electron chi connectivity index (χ2n) is 5.54. The SMILES string of the molecule is Cn1c(=O)n2c(SCc3ccccc3)c(-c3ccccc3)n2c1=O. The van der Waals surface area contributed by atoms with E-state index in [4.69, 9.17) is 0 Å². The summed E-state index contributed by atoms with van der Waals surface area (Å²) in [6.45, 7) is 0. The van der Waals surface area contributed by atoms with E-state index in [0.29, 0.717) is 0 Å². The van der Waals surface area contributed by atoms with Crippen LogP contribution in [0.15, 0.2) is 75.3 Å². The summed E-state index contributed by atoms with van der Waals surface area (Å²) >= 11 is 1.57. The monoisotopic (exact) mass is 337 g/mol. The summed E-state index contributed by atoms with van der Waals surface area (Å²) in [5, 5.41) is 0.813. The van der Waals surface area contributed by atoms with E-state index in [2.05, 4.69) is 12.1 Å². The van der Waals surface area contributed by atoms with Crippen LogP contribution >= 0.6 is 11.8 Å². The summed E-state index contributed by atoms with van der Waals surface area (Å²) in [4.78, 5) is 24.6. The fourth-order valence-corrected chi connectivity index (χ4v) is 3.87. The van der Waals surface area contributed by atoms with Gasteiger partial charge in [0.2, 0.25) is 0 Å². The first-order chi connectivity index (χ1) is 11.7. The largest absolute Gasteiger partial charge is 0.352 e. The van der Waals surface area contributed by atoms with Crippen molar-refractivity contribution in [2.24, 2.45) is 7.05 Å². The normalized spacial score (nSPS) is 11.4. The van der Waals surface area contributed by atoms with Crippen LogP contribution in [0.25, 0.3) is 11.3 Å². The summed E-state index contributed by atoms with van der Waals surface area (Å²) in [5.41, 5.74) is 2.27. The van der Waals surface area contributed by atoms with Crippen LogP contribution in [0.5, 0.6) is 0 Å². The van der Waals surface area contributed by atoms with Crippen molar-refractivity contribution in [3.05, 3.63) is 87.2 Å². The fourth-order valence-electron chi connectivity index (χ4n) is 2.75. The lowest BCUT2D eigenvalue weighted by Crippen LogP contribution is -2.25. The first-order valence-corrected chi connectivity index (χ1v) is 8.55. The zero-order chi connectivity index (χ0) is 16.7. The molecular weight excluding hydrogens is 322 g/mol. The molecule has 0 spiro atoms. The van der Waals surface area contributed by atoms with Crippen LogP contribution < -0.4 is 11.4 Å². The summed E-state index contributed by atoms with van der Waals surface area (Å²) < 4.78 is 4.04. The molecule has 0 aliphatic rings. The third-order valence-corrected chi connectivity index (χ3v) is 5.13. The van der Waals surface area contributed by atoms with Crippen LogP contribution in [0.3, 0.4) is 0 Å². The minimum atomic E-state index is -0.317. The number of aromatic nitrogens is 3. The predicted octanol–water partition coefficient (Wildman–Crippen LogP) is 2.49. The highest BCUT2D eigenvalue weighted by atomic mass is 32.2. The Morgan fingerprint density at radius 3 is 2.08 bits per heavy atom. The third-order valence-electron chi connectivity index (χ3n) is 4.01. The van der Waals surface area contributed by atoms with Gasteiger partial charge in [0.1, 0.15) is 10.7 Å². The van der Waals surface area contributed by atoms with Gasteiger partial charge in [0.15, 0.2) is 0 Å². The molecule has 0 aliphatic carbocycles. The average molecular weight is 337 g/mol. The van der Waals surface area contributed by atoms with Gasteiger partial charge in [0.25, 0.3) is 0 Å². The molecule has 0 radical (unpaired) electrons. The lowest BCUT2D eigenvalue weighted by molar-refractivity contribution is 0.643. The van der Waals surface area contributed by atoms with Gasteiger partial charge < -0.3 is 0 Å². The highest BCUT2D eigenvalue weighted by Crippen LogP contribution is 2.34. The van der Waals surface area contributed by atoms with Crippen molar-refractivity contribution in [3.63, 3.8) is 0 Å². The maximum Gasteiger partial charge on any atom is 0.352 e. The topological polar surface area (TPSA) is 47.9 Å². The number of benzene rings is 2.